The van der Waals surface area contributed by atoms with E-state index in [-0.39, 0.29) is 17.6 Å². The van der Waals surface area contributed by atoms with Crippen LogP contribution in [0.25, 0.3) is 0 Å². The number of hydrogen-bond donors (Lipinski definition) is 1. The van der Waals surface area contributed by atoms with Gasteiger partial charge >= 0.3 is 23.9 Å². The molecule has 1 heterocycles. The molecule has 0 radical (unpaired) electrons. The fourth-order valence-corrected chi connectivity index (χ4v) is 7.76. The minimum Gasteiger partial charge on any atom is -0.493 e. The van der Waals surface area contributed by atoms with E-state index in [0.717, 1.165) is 44.9 Å². The Bertz CT molecular complexity index is 2060. The first-order valence-electron chi connectivity index (χ1n) is 21.0. The third-order valence-electron chi connectivity index (χ3n) is 10.9. The molecule has 3 aromatic carbocycles. The van der Waals surface area contributed by atoms with Crippen LogP contribution in [0.2, 0.25) is 0 Å². The van der Waals surface area contributed by atoms with Crippen LogP contribution in [0.5, 0.6) is 28.7 Å². The lowest BCUT2D eigenvalue weighted by atomic mass is 9.67. The summed E-state index contributed by atoms with van der Waals surface area (Å²) in [5.41, 5.74) is 1.30. The fourth-order valence-electron chi connectivity index (χ4n) is 7.76. The molecule has 1 amide bonds. The van der Waals surface area contributed by atoms with Crippen molar-refractivity contribution < 1.29 is 71.3 Å². The molecule has 1 aliphatic rings. The van der Waals surface area contributed by atoms with Crippen LogP contribution in [-0.4, -0.2) is 121 Å². The number of esters is 4. The Morgan fingerprint density at radius 2 is 1.25 bits per heavy atom. The molecule has 0 aliphatic carbocycles. The first-order chi connectivity index (χ1) is 30.4. The van der Waals surface area contributed by atoms with E-state index in [1.165, 1.54) is 6.92 Å². The molecular weight excluding hydrogens is 833 g/mol. The Kier molecular flexibility index (Phi) is 18.6. The van der Waals surface area contributed by atoms with Crippen molar-refractivity contribution in [3.8, 4) is 28.7 Å². The van der Waals surface area contributed by atoms with Crippen LogP contribution in [0.3, 0.4) is 0 Å². The lowest BCUT2D eigenvalue weighted by Crippen LogP contribution is -2.63. The number of amides is 1. The summed E-state index contributed by atoms with van der Waals surface area (Å²) in [6.07, 6.45) is -4.81. The molecule has 1 N–H and O–H groups in total. The van der Waals surface area contributed by atoms with E-state index < -0.39 is 66.6 Å². The first kappa shape index (κ1) is 50.6. The largest absolute Gasteiger partial charge is 0.493 e. The van der Waals surface area contributed by atoms with Gasteiger partial charge in [0.05, 0.1) is 33.9 Å². The van der Waals surface area contributed by atoms with Crippen molar-refractivity contribution >= 4 is 35.5 Å². The number of nitrogens with one attached hydrogen (secondary N) is 1. The molecule has 4 rings (SSSR count). The van der Waals surface area contributed by atoms with Crippen LogP contribution in [0.4, 0.5) is 5.69 Å². The molecule has 0 saturated carbocycles. The van der Waals surface area contributed by atoms with Gasteiger partial charge in [0.1, 0.15) is 18.5 Å². The van der Waals surface area contributed by atoms with E-state index in [1.807, 2.05) is 44.2 Å². The monoisotopic (exact) mass is 894 g/mol. The third kappa shape index (κ3) is 13.2. The standard InChI is InChI=1S/C47H62N2O15/c1-28(2)47(34-14-20-38(56-9)40(26-34)58-11,22-12-23-49(7)24-21-33-13-19-37(55-8)39(25-33)57-10)46(54)48-35-15-17-36(18-16-35)63-45-44(62-32(6)53)43(61-31(5)52)42(60-30(4)51)41(64-45)27-59-29(3)50/h13-20,25-26,28,41-45H,12,21-24,27H2,1-11H3,(H,48,54)/t41?,42-,43?,44?,45+,47?/m0/s1. The zero-order chi connectivity index (χ0) is 47.1. The van der Waals surface area contributed by atoms with Crippen LogP contribution < -0.4 is 29.0 Å². The topological polar surface area (TPSA) is 193 Å². The van der Waals surface area contributed by atoms with E-state index >= 15 is 0 Å². The maximum atomic E-state index is 14.8. The number of benzene rings is 3. The fraction of sp³-hybridized carbons (Fsp3) is 0.511. The van der Waals surface area contributed by atoms with Gasteiger partial charge in [0.2, 0.25) is 18.3 Å². The Labute approximate surface area is 374 Å². The molecule has 17 nitrogen and oxygen atoms in total. The molecule has 1 saturated heterocycles. The molecule has 4 unspecified atom stereocenters. The summed E-state index contributed by atoms with van der Waals surface area (Å²) in [6.45, 7) is 9.72. The molecule has 0 spiro atoms. The van der Waals surface area contributed by atoms with Gasteiger partial charge in [0.15, 0.2) is 35.2 Å². The second-order valence-corrected chi connectivity index (χ2v) is 15.7. The Hall–Kier alpha value is -6.07. The van der Waals surface area contributed by atoms with Crippen molar-refractivity contribution in [2.45, 2.75) is 96.9 Å². The highest BCUT2D eigenvalue weighted by molar-refractivity contribution is 5.99. The zero-order valence-corrected chi connectivity index (χ0v) is 38.6. The van der Waals surface area contributed by atoms with Gasteiger partial charge in [-0.05, 0) is 98.4 Å². The summed E-state index contributed by atoms with van der Waals surface area (Å²) in [4.78, 5) is 65.5. The van der Waals surface area contributed by atoms with Crippen molar-refractivity contribution in [1.82, 2.24) is 4.90 Å². The van der Waals surface area contributed by atoms with Gasteiger partial charge in [-0.3, -0.25) is 24.0 Å². The highest BCUT2D eigenvalue weighted by Gasteiger charge is 2.53. The SMILES string of the molecule is COc1ccc(CCN(C)CCCC(C(=O)Nc2ccc(O[C@@H]3OC(COC(C)=O)[C@H](OC(C)=O)C(OC(C)=O)C3OC(C)=O)cc2)(c2ccc(OC)c(OC)c2)C(C)C)cc1OC. The molecular formula is C47H62N2O15. The highest BCUT2D eigenvalue weighted by Crippen LogP contribution is 2.42. The molecule has 1 fully saturated rings. The van der Waals surface area contributed by atoms with Crippen LogP contribution in [0.1, 0.15) is 65.5 Å². The van der Waals surface area contributed by atoms with Gasteiger partial charge in [0.25, 0.3) is 0 Å². The summed E-state index contributed by atoms with van der Waals surface area (Å²) in [7, 11) is 8.39. The van der Waals surface area contributed by atoms with E-state index in [1.54, 1.807) is 58.8 Å². The van der Waals surface area contributed by atoms with Gasteiger partial charge in [-0.1, -0.05) is 26.0 Å². The van der Waals surface area contributed by atoms with Crippen molar-refractivity contribution in [2.75, 3.05) is 60.5 Å². The molecule has 1 aliphatic heterocycles. The van der Waals surface area contributed by atoms with Crippen molar-refractivity contribution in [3.05, 3.63) is 71.8 Å². The first-order valence-corrected chi connectivity index (χ1v) is 21.0. The van der Waals surface area contributed by atoms with Gasteiger partial charge in [-0.2, -0.15) is 0 Å². The second kappa shape index (κ2) is 23.6. The van der Waals surface area contributed by atoms with Gasteiger partial charge in [0, 0.05) is 39.9 Å². The lowest BCUT2D eigenvalue weighted by molar-refractivity contribution is -0.288. The number of carbonyl (C=O) groups excluding carboxylic acids is 5. The van der Waals surface area contributed by atoms with E-state index in [4.69, 9.17) is 47.4 Å². The normalized spacial score (nSPS) is 19.1. The molecule has 350 valence electrons. The number of ether oxygens (including phenoxy) is 10. The van der Waals surface area contributed by atoms with Gasteiger partial charge in [-0.15, -0.1) is 0 Å². The molecule has 17 heteroatoms. The molecule has 0 aromatic heterocycles. The number of carbonyl (C=O) groups is 5. The van der Waals surface area contributed by atoms with Crippen molar-refractivity contribution in [3.63, 3.8) is 0 Å². The molecule has 0 bridgehead atoms. The molecule has 3 aromatic rings. The van der Waals surface area contributed by atoms with Crippen molar-refractivity contribution in [1.29, 1.82) is 0 Å². The van der Waals surface area contributed by atoms with Crippen LogP contribution in [-0.2, 0) is 59.5 Å². The van der Waals surface area contributed by atoms with Gasteiger partial charge < -0.3 is 57.6 Å². The second-order valence-electron chi connectivity index (χ2n) is 15.7. The Morgan fingerprint density at radius 3 is 1.81 bits per heavy atom. The van der Waals surface area contributed by atoms with E-state index in [2.05, 4.69) is 17.3 Å². The smallest absolute Gasteiger partial charge is 0.303 e. The maximum Gasteiger partial charge on any atom is 0.303 e. The number of rotatable bonds is 22. The number of methoxy groups -OCH3 is 4. The summed E-state index contributed by atoms with van der Waals surface area (Å²) in [5, 5.41) is 3.13. The molecule has 64 heavy (non-hydrogen) atoms. The third-order valence-corrected chi connectivity index (χ3v) is 10.9. The summed E-state index contributed by atoms with van der Waals surface area (Å²) in [5.74, 6) is -0.751. The van der Waals surface area contributed by atoms with Crippen molar-refractivity contribution in [2.24, 2.45) is 5.92 Å². The number of nitrogens with zero attached hydrogens (tertiary/aromatic N) is 1. The Morgan fingerprint density at radius 1 is 0.688 bits per heavy atom. The predicted molar refractivity (Wildman–Crippen MR) is 234 cm³/mol. The van der Waals surface area contributed by atoms with Crippen LogP contribution in [0, 0.1) is 5.92 Å². The summed E-state index contributed by atoms with van der Waals surface area (Å²) in [6, 6.07) is 17.9. The average molecular weight is 895 g/mol. The average Bonchev–Trinajstić information content (AvgIpc) is 3.25. The minimum absolute atomic E-state index is 0.173. The van der Waals surface area contributed by atoms with Gasteiger partial charge in [-0.25, -0.2) is 0 Å². The van der Waals surface area contributed by atoms with Crippen LogP contribution >= 0.6 is 0 Å². The van der Waals surface area contributed by atoms with E-state index in [0.29, 0.717) is 48.1 Å². The number of hydrogen-bond acceptors (Lipinski definition) is 16. The minimum atomic E-state index is -1.43. The predicted octanol–water partition coefficient (Wildman–Crippen LogP) is 5.67. The lowest BCUT2D eigenvalue weighted by Gasteiger charge is -2.43. The number of anilines is 1. The summed E-state index contributed by atoms with van der Waals surface area (Å²) >= 11 is 0. The highest BCUT2D eigenvalue weighted by atomic mass is 16.7. The number of likely N-dealkylation sites (N-methyl/N-ethyl adjacent to an activating group) is 1. The quantitative estimate of drug-likeness (QED) is 0.0957. The summed E-state index contributed by atoms with van der Waals surface area (Å²) < 4.78 is 56.0. The van der Waals surface area contributed by atoms with E-state index in [9.17, 15) is 24.0 Å². The zero-order valence-electron chi connectivity index (χ0n) is 38.6. The molecule has 6 atom stereocenters. The maximum absolute atomic E-state index is 14.8. The van der Waals surface area contributed by atoms with Crippen LogP contribution in [0.15, 0.2) is 60.7 Å². The Balaban J connectivity index is 1.59.